The number of hydrogen-bond donors (Lipinski definition) is 6. The van der Waals surface area contributed by atoms with Crippen molar-refractivity contribution in [1.29, 1.82) is 0 Å². The highest BCUT2D eigenvalue weighted by molar-refractivity contribution is 5.69. The fourth-order valence-corrected chi connectivity index (χ4v) is 9.89. The highest BCUT2D eigenvalue weighted by Crippen LogP contribution is 2.28. The highest BCUT2D eigenvalue weighted by Gasteiger charge is 2.30. The van der Waals surface area contributed by atoms with E-state index in [1.165, 1.54) is 66.3 Å². The molecule has 1 aliphatic heterocycles. The molecule has 1 saturated heterocycles. The molecule has 0 aromatic heterocycles. The molecule has 1 aliphatic rings. The van der Waals surface area contributed by atoms with Gasteiger partial charge in [-0.15, -0.1) is 0 Å². The molecule has 17 nitrogen and oxygen atoms in total. The van der Waals surface area contributed by atoms with E-state index in [1.54, 1.807) is 28.3 Å². The van der Waals surface area contributed by atoms with E-state index in [4.69, 9.17) is 23.7 Å². The van der Waals surface area contributed by atoms with Gasteiger partial charge in [-0.05, 0) is 108 Å². The minimum Gasteiger partial charge on any atom is -0.469 e. The molecule has 6 N–H and O–H groups in total. The van der Waals surface area contributed by atoms with Crippen LogP contribution in [0.15, 0.2) is 36.5 Å². The minimum atomic E-state index is -1.30. The van der Waals surface area contributed by atoms with Gasteiger partial charge in [0.2, 0.25) is 0 Å². The zero-order chi connectivity index (χ0) is 63.6. The number of methoxy groups -OCH3 is 7. The molecule has 0 bridgehead atoms. The standard InChI is InChI=1S/C25H50O6.C19H38O8.C19H32O2.C4H8O/c1-9-21(27-4)24(30-7)18-23(29-6)20(3)17-19(2)22(28-5)15-13-11-10-12-14-16-25(26)31-8;1-3-13(20)15(22)11-17(24)18(25)12-16(23)14(21)9-7-5-4-6-8-10-19(26)27-2;1-3-4-5-6-7-8-9-10-11-12-13-14-15-16-17-18-19(20)21-2;1-2-4-5-3-1/h19-24H,9-18H2,1-8H3;13-18,20-25H,3-12H2,1-2H3;4-5,7-8,10-11H,3,6,9,12-18H2,1-2H3;1-4H2/b;;5-4-,8-7+,11-10-;. The van der Waals surface area contributed by atoms with Crippen molar-refractivity contribution < 1.29 is 82.9 Å². The quantitative estimate of drug-likeness (QED) is 0.0143. The SMILES string of the molecule is C1CCOC1.CC/C=C\C/C=C/C/C=C\CCCCCCCC(=O)OC.CCC(O)C(O)CC(O)C(O)CC(O)C(O)CCCCCCCC(=O)OC.CCC(OC)C(CC(OC)C(C)CC(C)C(CCCCCCCC(=O)OC)OC)OC. The number of unbranched alkanes of at least 4 members (excludes halogenated alkanes) is 13. The smallest absolute Gasteiger partial charge is 0.305 e. The van der Waals surface area contributed by atoms with Gasteiger partial charge in [0.25, 0.3) is 0 Å². The molecule has 1 rings (SSSR count). The highest BCUT2D eigenvalue weighted by atomic mass is 16.5. The molecular weight excluding hydrogens is 1080 g/mol. The van der Waals surface area contributed by atoms with Crippen molar-refractivity contribution in [2.45, 2.75) is 301 Å². The van der Waals surface area contributed by atoms with E-state index in [2.05, 4.69) is 78.4 Å². The van der Waals surface area contributed by atoms with Crippen molar-refractivity contribution in [3.8, 4) is 0 Å². The Bertz CT molecular complexity index is 1530. The summed E-state index contributed by atoms with van der Waals surface area (Å²) in [6, 6.07) is 0. The summed E-state index contributed by atoms with van der Waals surface area (Å²) in [5.74, 6) is 0.452. The lowest BCUT2D eigenvalue weighted by atomic mass is 9.85. The van der Waals surface area contributed by atoms with E-state index in [0.717, 1.165) is 122 Å². The van der Waals surface area contributed by atoms with E-state index in [9.17, 15) is 45.0 Å². The van der Waals surface area contributed by atoms with E-state index in [-0.39, 0.29) is 55.2 Å². The van der Waals surface area contributed by atoms with Crippen LogP contribution in [0.4, 0.5) is 0 Å². The topological polar surface area (TPSA) is 246 Å². The van der Waals surface area contributed by atoms with Gasteiger partial charge in [-0.25, -0.2) is 0 Å². The van der Waals surface area contributed by atoms with Crippen LogP contribution >= 0.6 is 0 Å². The van der Waals surface area contributed by atoms with Crippen molar-refractivity contribution in [2.24, 2.45) is 11.8 Å². The number of carbonyl (C=O) groups is 3. The third-order valence-corrected chi connectivity index (χ3v) is 15.5. The van der Waals surface area contributed by atoms with Gasteiger partial charge < -0.3 is 68.5 Å². The van der Waals surface area contributed by atoms with Gasteiger partial charge in [0.15, 0.2) is 0 Å². The lowest BCUT2D eigenvalue weighted by Gasteiger charge is -2.32. The van der Waals surface area contributed by atoms with E-state index < -0.39 is 36.6 Å². The first-order valence-corrected chi connectivity index (χ1v) is 32.3. The van der Waals surface area contributed by atoms with Gasteiger partial charge >= 0.3 is 17.9 Å². The van der Waals surface area contributed by atoms with E-state index in [1.807, 2.05) is 7.11 Å². The molecule has 0 saturated carbocycles. The molecule has 0 aliphatic carbocycles. The van der Waals surface area contributed by atoms with Gasteiger partial charge in [0.1, 0.15) is 0 Å². The van der Waals surface area contributed by atoms with Gasteiger partial charge in [0.05, 0.1) is 82.4 Å². The predicted octanol–water partition coefficient (Wildman–Crippen LogP) is 12.2. The van der Waals surface area contributed by atoms with Crippen LogP contribution in [-0.2, 0) is 52.3 Å². The van der Waals surface area contributed by atoms with E-state index >= 15 is 0 Å². The van der Waals surface area contributed by atoms with Crippen molar-refractivity contribution in [2.75, 3.05) is 63.0 Å². The monoisotopic (exact) mass is 1200 g/mol. The van der Waals surface area contributed by atoms with Crippen LogP contribution in [0.3, 0.4) is 0 Å². The summed E-state index contributed by atoms with van der Waals surface area (Å²) < 4.78 is 41.8. The number of allylic oxidation sites excluding steroid dienone is 6. The summed E-state index contributed by atoms with van der Waals surface area (Å²) in [6.45, 7) is 12.5. The zero-order valence-corrected chi connectivity index (χ0v) is 55.1. The maximum absolute atomic E-state index is 11.1. The molecule has 17 heteroatoms. The molecular formula is C67H128O17. The predicted molar refractivity (Wildman–Crippen MR) is 337 cm³/mol. The Kier molecular flexibility index (Phi) is 62.9. The van der Waals surface area contributed by atoms with Crippen LogP contribution in [0.2, 0.25) is 0 Å². The lowest BCUT2D eigenvalue weighted by Crippen LogP contribution is -2.39. The molecule has 84 heavy (non-hydrogen) atoms. The third kappa shape index (κ3) is 51.3. The van der Waals surface area contributed by atoms with Crippen molar-refractivity contribution >= 4 is 17.9 Å². The Hall–Kier alpha value is -2.81. The molecule has 0 radical (unpaired) electrons. The van der Waals surface area contributed by atoms with Crippen molar-refractivity contribution in [1.82, 2.24) is 0 Å². The van der Waals surface area contributed by atoms with E-state index in [0.29, 0.717) is 50.4 Å². The number of aliphatic hydroxyl groups is 6. The summed E-state index contributed by atoms with van der Waals surface area (Å²) in [7, 11) is 11.4. The minimum absolute atomic E-state index is 0.0371. The van der Waals surface area contributed by atoms with Crippen molar-refractivity contribution in [3.05, 3.63) is 36.5 Å². The first-order valence-electron chi connectivity index (χ1n) is 32.3. The number of esters is 3. The molecule has 12 atom stereocenters. The Labute approximate surface area is 511 Å². The molecule has 0 aromatic rings. The van der Waals surface area contributed by atoms with Crippen LogP contribution in [0.5, 0.6) is 0 Å². The number of aliphatic hydroxyl groups excluding tert-OH is 6. The molecule has 0 spiro atoms. The molecule has 0 aromatic carbocycles. The maximum Gasteiger partial charge on any atom is 0.305 e. The van der Waals surface area contributed by atoms with Gasteiger partial charge in [-0.1, -0.05) is 142 Å². The normalized spacial score (nSPS) is 16.8. The van der Waals surface area contributed by atoms with Crippen LogP contribution in [0.25, 0.3) is 0 Å². The number of ether oxygens (including phenoxy) is 8. The van der Waals surface area contributed by atoms with Crippen LogP contribution in [0.1, 0.15) is 240 Å². The number of rotatable bonds is 49. The van der Waals surface area contributed by atoms with Crippen LogP contribution in [-0.4, -0.2) is 173 Å². The maximum atomic E-state index is 11.1. The summed E-state index contributed by atoms with van der Waals surface area (Å²) in [6.07, 6.45) is 35.0. The van der Waals surface area contributed by atoms with Crippen LogP contribution in [0, 0.1) is 11.8 Å². The van der Waals surface area contributed by atoms with Gasteiger partial charge in [-0.2, -0.15) is 0 Å². The Morgan fingerprint density at radius 3 is 1.18 bits per heavy atom. The lowest BCUT2D eigenvalue weighted by molar-refractivity contribution is -0.141. The molecule has 1 heterocycles. The Balaban J connectivity index is -0.00000114. The Morgan fingerprint density at radius 1 is 0.393 bits per heavy atom. The average Bonchev–Trinajstić information content (AvgIpc) is 4.21. The Morgan fingerprint density at radius 2 is 0.774 bits per heavy atom. The summed E-state index contributed by atoms with van der Waals surface area (Å²) in [4.78, 5) is 33.0. The second-order valence-corrected chi connectivity index (χ2v) is 22.5. The zero-order valence-electron chi connectivity index (χ0n) is 55.1. The summed E-state index contributed by atoms with van der Waals surface area (Å²) >= 11 is 0. The van der Waals surface area contributed by atoms with Crippen molar-refractivity contribution in [3.63, 3.8) is 0 Å². The third-order valence-electron chi connectivity index (χ3n) is 15.5. The largest absolute Gasteiger partial charge is 0.469 e. The summed E-state index contributed by atoms with van der Waals surface area (Å²) in [5, 5.41) is 58.9. The average molecular weight is 1210 g/mol. The molecule has 12 unspecified atom stereocenters. The first-order chi connectivity index (χ1) is 40.4. The van der Waals surface area contributed by atoms with Gasteiger partial charge in [-0.3, -0.25) is 14.4 Å². The second-order valence-electron chi connectivity index (χ2n) is 22.5. The number of hydrogen-bond acceptors (Lipinski definition) is 17. The van der Waals surface area contributed by atoms with Gasteiger partial charge in [0, 0.05) is 80.2 Å². The fraction of sp³-hybridized carbons (Fsp3) is 0.866. The number of carbonyl (C=O) groups excluding carboxylic acids is 3. The molecule has 0 amide bonds. The fourth-order valence-electron chi connectivity index (χ4n) is 9.89. The summed E-state index contributed by atoms with van der Waals surface area (Å²) in [5.41, 5.74) is 0. The van der Waals surface area contributed by atoms with Crippen LogP contribution < -0.4 is 0 Å². The molecule has 498 valence electrons. The second kappa shape index (κ2) is 61.8. The first kappa shape index (κ1) is 85.4. The molecule has 1 fully saturated rings.